The molecule has 0 radical (unpaired) electrons. The van der Waals surface area contributed by atoms with Gasteiger partial charge in [-0.05, 0) is 23.2 Å². The fourth-order valence-corrected chi connectivity index (χ4v) is 2.92. The molecule has 1 aliphatic heterocycles. The van der Waals surface area contributed by atoms with E-state index in [-0.39, 0.29) is 17.2 Å². The summed E-state index contributed by atoms with van der Waals surface area (Å²) in [4.78, 5) is 20.4. The number of rotatable bonds is 1. The highest BCUT2D eigenvalue weighted by Gasteiger charge is 2.28. The molecule has 6 heteroatoms. The maximum absolute atomic E-state index is 12.1. The average molecular weight is 299 g/mol. The molecule has 1 amide bonds. The van der Waals surface area contributed by atoms with Gasteiger partial charge in [-0.1, -0.05) is 30.3 Å². The predicted molar refractivity (Wildman–Crippen MR) is 79.5 cm³/mol. The van der Waals surface area contributed by atoms with Crippen molar-refractivity contribution in [3.63, 3.8) is 0 Å². The van der Waals surface area contributed by atoms with Crippen molar-refractivity contribution in [1.29, 1.82) is 0 Å². The van der Waals surface area contributed by atoms with E-state index in [1.54, 1.807) is 12.3 Å². The summed E-state index contributed by atoms with van der Waals surface area (Å²) in [5.74, 6) is -0.101. The maximum atomic E-state index is 12.1. The monoisotopic (exact) mass is 298 g/mol. The van der Waals surface area contributed by atoms with Gasteiger partial charge in [-0.15, -0.1) is 0 Å². The number of amides is 1. The summed E-state index contributed by atoms with van der Waals surface area (Å²) in [6, 6.07) is 11.8. The van der Waals surface area contributed by atoms with Crippen LogP contribution in [0, 0.1) is 0 Å². The Morgan fingerprint density at radius 1 is 1.29 bits per heavy atom. The van der Waals surface area contributed by atoms with Crippen LogP contribution in [0.5, 0.6) is 0 Å². The van der Waals surface area contributed by atoms with Gasteiger partial charge in [0.2, 0.25) is 5.28 Å². The summed E-state index contributed by atoms with van der Waals surface area (Å²) in [5, 5.41) is 3.92. The Bertz CT molecular complexity index is 844. The molecule has 4 rings (SSSR count). The Hall–Kier alpha value is -2.40. The van der Waals surface area contributed by atoms with E-state index in [4.69, 9.17) is 11.6 Å². The zero-order valence-electron chi connectivity index (χ0n) is 11.0. The number of carbonyl (C=O) groups excluding carboxylic acids is 1. The van der Waals surface area contributed by atoms with Gasteiger partial charge in [0.05, 0.1) is 6.04 Å². The first-order valence-electron chi connectivity index (χ1n) is 6.60. The van der Waals surface area contributed by atoms with Crippen LogP contribution in [0.25, 0.3) is 11.0 Å². The molecule has 1 aliphatic rings. The minimum Gasteiger partial charge on any atom is -0.348 e. The number of nitrogens with zero attached hydrogens (tertiary/aromatic N) is 3. The van der Waals surface area contributed by atoms with Crippen LogP contribution in [0.3, 0.4) is 0 Å². The van der Waals surface area contributed by atoms with Gasteiger partial charge in [0.1, 0.15) is 11.3 Å². The predicted octanol–water partition coefficient (Wildman–Crippen LogP) is 2.42. The summed E-state index contributed by atoms with van der Waals surface area (Å²) in [6.07, 6.45) is 1.64. The molecule has 5 nitrogen and oxygen atoms in total. The standard InChI is InChI=1S/C15H11ClN4O/c16-15-18-7-10-6-11-14(21)17-8-12(20(11)13(10)19-15)9-4-2-1-3-5-9/h1-7,12H,8H2,(H,17,21)/t12-/m1/s1. The number of nitrogens with one attached hydrogen (secondary N) is 1. The molecule has 0 saturated heterocycles. The van der Waals surface area contributed by atoms with E-state index in [0.717, 1.165) is 10.9 Å². The third-order valence-electron chi connectivity index (χ3n) is 3.73. The number of benzene rings is 1. The molecule has 21 heavy (non-hydrogen) atoms. The zero-order chi connectivity index (χ0) is 14.4. The molecule has 0 saturated carbocycles. The smallest absolute Gasteiger partial charge is 0.268 e. The van der Waals surface area contributed by atoms with Crippen LogP contribution in [0.15, 0.2) is 42.6 Å². The number of halogens is 1. The highest BCUT2D eigenvalue weighted by atomic mass is 35.5. The molecule has 0 unspecified atom stereocenters. The lowest BCUT2D eigenvalue weighted by Crippen LogP contribution is -2.39. The molecule has 0 bridgehead atoms. The first kappa shape index (κ1) is 12.3. The Morgan fingerprint density at radius 2 is 2.10 bits per heavy atom. The van der Waals surface area contributed by atoms with Crippen molar-refractivity contribution in [2.24, 2.45) is 0 Å². The molecule has 3 aromatic rings. The molecule has 1 atom stereocenters. The van der Waals surface area contributed by atoms with E-state index in [1.165, 1.54) is 0 Å². The van der Waals surface area contributed by atoms with Gasteiger partial charge in [0, 0.05) is 18.1 Å². The van der Waals surface area contributed by atoms with Crippen molar-refractivity contribution in [2.75, 3.05) is 6.54 Å². The Morgan fingerprint density at radius 3 is 2.90 bits per heavy atom. The SMILES string of the molecule is O=C1NC[C@H](c2ccccc2)n2c1cc1cnc(Cl)nc12. The van der Waals surface area contributed by atoms with Crippen molar-refractivity contribution >= 4 is 28.5 Å². The van der Waals surface area contributed by atoms with E-state index in [2.05, 4.69) is 15.3 Å². The second-order valence-electron chi connectivity index (χ2n) is 4.95. The van der Waals surface area contributed by atoms with E-state index in [9.17, 15) is 4.79 Å². The highest BCUT2D eigenvalue weighted by molar-refractivity contribution is 6.28. The van der Waals surface area contributed by atoms with E-state index < -0.39 is 0 Å². The first-order valence-corrected chi connectivity index (χ1v) is 6.98. The third kappa shape index (κ3) is 1.89. The van der Waals surface area contributed by atoms with Crippen molar-refractivity contribution in [2.45, 2.75) is 6.04 Å². The number of aromatic nitrogens is 3. The van der Waals surface area contributed by atoms with E-state index in [1.807, 2.05) is 34.9 Å². The molecule has 0 spiro atoms. The number of hydrogen-bond acceptors (Lipinski definition) is 3. The third-order valence-corrected chi connectivity index (χ3v) is 3.91. The normalized spacial score (nSPS) is 17.6. The molecule has 1 N–H and O–H groups in total. The molecule has 3 heterocycles. The van der Waals surface area contributed by atoms with Crippen LogP contribution < -0.4 is 5.32 Å². The Balaban J connectivity index is 2.00. The van der Waals surface area contributed by atoms with Gasteiger partial charge in [-0.2, -0.15) is 4.98 Å². The van der Waals surface area contributed by atoms with Crippen molar-refractivity contribution < 1.29 is 4.79 Å². The van der Waals surface area contributed by atoms with E-state index in [0.29, 0.717) is 17.9 Å². The molecular formula is C15H11ClN4O. The van der Waals surface area contributed by atoms with E-state index >= 15 is 0 Å². The zero-order valence-corrected chi connectivity index (χ0v) is 11.7. The van der Waals surface area contributed by atoms with Crippen LogP contribution >= 0.6 is 11.6 Å². The fraction of sp³-hybridized carbons (Fsp3) is 0.133. The highest BCUT2D eigenvalue weighted by Crippen LogP contribution is 2.29. The largest absolute Gasteiger partial charge is 0.348 e. The lowest BCUT2D eigenvalue weighted by atomic mass is 10.0. The van der Waals surface area contributed by atoms with Gasteiger partial charge in [-0.25, -0.2) is 4.98 Å². The van der Waals surface area contributed by atoms with Crippen LogP contribution in [0.1, 0.15) is 22.1 Å². The van der Waals surface area contributed by atoms with Crippen LogP contribution in [0.2, 0.25) is 5.28 Å². The molecular weight excluding hydrogens is 288 g/mol. The number of carbonyl (C=O) groups is 1. The number of hydrogen-bond donors (Lipinski definition) is 1. The van der Waals surface area contributed by atoms with Gasteiger partial charge < -0.3 is 9.88 Å². The summed E-state index contributed by atoms with van der Waals surface area (Å²) >= 11 is 5.91. The van der Waals surface area contributed by atoms with Crippen molar-refractivity contribution in [3.05, 3.63) is 59.1 Å². The molecule has 104 valence electrons. The van der Waals surface area contributed by atoms with Gasteiger partial charge in [0.15, 0.2) is 0 Å². The summed E-state index contributed by atoms with van der Waals surface area (Å²) in [6.45, 7) is 0.529. The van der Waals surface area contributed by atoms with Gasteiger partial charge in [0.25, 0.3) is 5.91 Å². The summed E-state index contributed by atoms with van der Waals surface area (Å²) in [7, 11) is 0. The van der Waals surface area contributed by atoms with Gasteiger partial charge >= 0.3 is 0 Å². The summed E-state index contributed by atoms with van der Waals surface area (Å²) < 4.78 is 1.94. The Kier molecular flexibility index (Phi) is 2.68. The molecule has 2 aromatic heterocycles. The van der Waals surface area contributed by atoms with Crippen molar-refractivity contribution in [3.8, 4) is 0 Å². The van der Waals surface area contributed by atoms with Crippen LogP contribution in [-0.4, -0.2) is 27.0 Å². The van der Waals surface area contributed by atoms with Crippen molar-refractivity contribution in [1.82, 2.24) is 19.9 Å². The molecule has 0 fully saturated rings. The lowest BCUT2D eigenvalue weighted by molar-refractivity contribution is 0.0922. The van der Waals surface area contributed by atoms with Crippen LogP contribution in [0.4, 0.5) is 0 Å². The minimum atomic E-state index is -0.101. The summed E-state index contributed by atoms with van der Waals surface area (Å²) in [5.41, 5.74) is 2.39. The second kappa shape index (κ2) is 4.56. The fourth-order valence-electron chi connectivity index (χ4n) is 2.79. The molecule has 1 aromatic carbocycles. The maximum Gasteiger partial charge on any atom is 0.268 e. The second-order valence-corrected chi connectivity index (χ2v) is 5.29. The van der Waals surface area contributed by atoms with Crippen LogP contribution in [-0.2, 0) is 0 Å². The lowest BCUT2D eigenvalue weighted by Gasteiger charge is -2.27. The average Bonchev–Trinajstić information content (AvgIpc) is 2.88. The number of fused-ring (bicyclic) bond motifs is 3. The molecule has 0 aliphatic carbocycles. The van der Waals surface area contributed by atoms with Gasteiger partial charge in [-0.3, -0.25) is 4.79 Å². The minimum absolute atomic E-state index is 0.00219. The topological polar surface area (TPSA) is 59.8 Å². The quantitative estimate of drug-likeness (QED) is 0.702. The first-order chi connectivity index (χ1) is 10.2. The Labute approximate surface area is 125 Å².